The highest BCUT2D eigenvalue weighted by Gasteiger charge is 2.23. The monoisotopic (exact) mass is 279 g/mol. The fourth-order valence-corrected chi connectivity index (χ4v) is 1.89. The van der Waals surface area contributed by atoms with E-state index in [1.807, 2.05) is 0 Å². The lowest BCUT2D eigenvalue weighted by Crippen LogP contribution is -2.04. The van der Waals surface area contributed by atoms with E-state index in [1.54, 1.807) is 20.9 Å². The number of carboxylic acid groups (broad SMARTS) is 1. The van der Waals surface area contributed by atoms with Crippen LogP contribution < -0.4 is 4.74 Å². The number of aromatic nitrogens is 3. The fraction of sp³-hybridized carbons (Fsp3) is 0.308. The highest BCUT2D eigenvalue weighted by atomic mass is 19.1. The van der Waals surface area contributed by atoms with E-state index in [-0.39, 0.29) is 22.8 Å². The molecule has 2 rings (SSSR count). The molecule has 0 spiro atoms. The number of imidazole rings is 1. The Morgan fingerprint density at radius 1 is 1.45 bits per heavy atom. The molecule has 2 aromatic rings. The van der Waals surface area contributed by atoms with Crippen molar-refractivity contribution in [2.45, 2.75) is 13.8 Å². The smallest absolute Gasteiger partial charge is 0.356 e. The number of pyridine rings is 1. The molecule has 0 fully saturated rings. The maximum absolute atomic E-state index is 14.1. The predicted octanol–water partition coefficient (Wildman–Crippen LogP) is 2.03. The molecule has 0 aromatic carbocycles. The van der Waals surface area contributed by atoms with Crippen LogP contribution in [0.5, 0.6) is 5.88 Å². The maximum atomic E-state index is 14.1. The summed E-state index contributed by atoms with van der Waals surface area (Å²) < 4.78 is 20.7. The van der Waals surface area contributed by atoms with E-state index in [0.717, 1.165) is 0 Å². The first-order valence-electron chi connectivity index (χ1n) is 6.02. The Labute approximate surface area is 114 Å². The fourth-order valence-electron chi connectivity index (χ4n) is 1.89. The van der Waals surface area contributed by atoms with Gasteiger partial charge in [0, 0.05) is 13.1 Å². The van der Waals surface area contributed by atoms with Crippen molar-refractivity contribution in [2.24, 2.45) is 7.05 Å². The average molecular weight is 279 g/mol. The molecule has 2 aromatic heterocycles. The highest BCUT2D eigenvalue weighted by molar-refractivity contribution is 5.93. The molecule has 0 radical (unpaired) electrons. The number of rotatable bonds is 4. The largest absolute Gasteiger partial charge is 0.478 e. The van der Waals surface area contributed by atoms with Gasteiger partial charge in [-0.15, -0.1) is 0 Å². The minimum Gasteiger partial charge on any atom is -0.478 e. The Bertz CT molecular complexity index is 667. The van der Waals surface area contributed by atoms with Crippen molar-refractivity contribution >= 4 is 5.97 Å². The zero-order chi connectivity index (χ0) is 14.9. The van der Waals surface area contributed by atoms with Crippen molar-refractivity contribution in [1.82, 2.24) is 14.5 Å². The summed E-state index contributed by atoms with van der Waals surface area (Å²) >= 11 is 0. The molecule has 6 nitrogen and oxygen atoms in total. The van der Waals surface area contributed by atoms with E-state index in [9.17, 15) is 9.18 Å². The molecule has 0 aliphatic carbocycles. The third kappa shape index (κ3) is 2.34. The Kier molecular flexibility index (Phi) is 3.69. The summed E-state index contributed by atoms with van der Waals surface area (Å²) in [6, 6.07) is 2.94. The second-order valence-corrected chi connectivity index (χ2v) is 4.14. The molecule has 0 amide bonds. The zero-order valence-corrected chi connectivity index (χ0v) is 11.3. The lowest BCUT2D eigenvalue weighted by Gasteiger charge is -2.08. The normalized spacial score (nSPS) is 10.6. The third-order valence-corrected chi connectivity index (χ3v) is 2.89. The number of nitrogens with zero attached hydrogens (tertiary/aromatic N) is 3. The van der Waals surface area contributed by atoms with Gasteiger partial charge in [-0.05, 0) is 19.9 Å². The van der Waals surface area contributed by atoms with Crippen LogP contribution >= 0.6 is 0 Å². The topological polar surface area (TPSA) is 77.2 Å². The van der Waals surface area contributed by atoms with Gasteiger partial charge in [-0.1, -0.05) is 0 Å². The molecule has 0 unspecified atom stereocenters. The van der Waals surface area contributed by atoms with Gasteiger partial charge in [-0.3, -0.25) is 0 Å². The summed E-state index contributed by atoms with van der Waals surface area (Å²) in [5, 5.41) is 9.15. The number of hydrogen-bond donors (Lipinski definition) is 1. The number of carbonyl (C=O) groups is 1. The first-order valence-corrected chi connectivity index (χ1v) is 6.02. The molecule has 2 heterocycles. The third-order valence-electron chi connectivity index (χ3n) is 2.89. The molecule has 106 valence electrons. The maximum Gasteiger partial charge on any atom is 0.356 e. The van der Waals surface area contributed by atoms with Crippen molar-refractivity contribution in [2.75, 3.05) is 6.61 Å². The summed E-state index contributed by atoms with van der Waals surface area (Å²) in [5.74, 6) is -1.37. The zero-order valence-electron chi connectivity index (χ0n) is 11.3. The van der Waals surface area contributed by atoms with Crippen molar-refractivity contribution in [3.8, 4) is 17.1 Å². The number of hydrogen-bond acceptors (Lipinski definition) is 4. The second kappa shape index (κ2) is 5.28. The van der Waals surface area contributed by atoms with E-state index >= 15 is 0 Å². The van der Waals surface area contributed by atoms with Crippen molar-refractivity contribution in [3.05, 3.63) is 29.6 Å². The lowest BCUT2D eigenvalue weighted by atomic mass is 10.1. The number of aryl methyl sites for hydroxylation is 1. The molecule has 0 saturated carbocycles. The highest BCUT2D eigenvalue weighted by Crippen LogP contribution is 2.27. The van der Waals surface area contributed by atoms with Gasteiger partial charge >= 0.3 is 5.97 Å². The van der Waals surface area contributed by atoms with Crippen LogP contribution in [0.3, 0.4) is 0 Å². The van der Waals surface area contributed by atoms with Crippen LogP contribution in [-0.4, -0.2) is 32.2 Å². The molecular formula is C13H14FN3O3. The molecule has 20 heavy (non-hydrogen) atoms. The SMILES string of the molecule is CCOc1ccc(-c2c(C(=O)O)nc(C)n2C)c(F)n1. The van der Waals surface area contributed by atoms with Gasteiger partial charge in [0.1, 0.15) is 5.82 Å². The summed E-state index contributed by atoms with van der Waals surface area (Å²) in [4.78, 5) is 18.8. The molecular weight excluding hydrogens is 265 g/mol. The van der Waals surface area contributed by atoms with Crippen LogP contribution in [0, 0.1) is 12.9 Å². The molecule has 0 saturated heterocycles. The van der Waals surface area contributed by atoms with Gasteiger partial charge in [-0.25, -0.2) is 9.78 Å². The number of aromatic carboxylic acids is 1. The van der Waals surface area contributed by atoms with E-state index in [2.05, 4.69) is 9.97 Å². The average Bonchev–Trinajstić information content (AvgIpc) is 2.67. The van der Waals surface area contributed by atoms with Gasteiger partial charge in [0.05, 0.1) is 17.9 Å². The summed E-state index contributed by atoms with van der Waals surface area (Å²) in [5.41, 5.74) is 0.0619. The molecule has 0 atom stereocenters. The van der Waals surface area contributed by atoms with E-state index in [1.165, 1.54) is 16.7 Å². The molecule has 0 aliphatic heterocycles. The molecule has 0 aliphatic rings. The summed E-state index contributed by atoms with van der Waals surface area (Å²) in [6.45, 7) is 3.79. The molecule has 0 bridgehead atoms. The van der Waals surface area contributed by atoms with Gasteiger partial charge in [0.15, 0.2) is 5.69 Å². The number of carboxylic acids is 1. The predicted molar refractivity (Wildman–Crippen MR) is 69.3 cm³/mol. The first-order chi connectivity index (χ1) is 9.45. The van der Waals surface area contributed by atoms with Crippen LogP contribution in [0.1, 0.15) is 23.2 Å². The summed E-state index contributed by atoms with van der Waals surface area (Å²) in [6.07, 6.45) is 0. The van der Waals surface area contributed by atoms with Crippen LogP contribution in [0.2, 0.25) is 0 Å². The number of halogens is 1. The Hall–Kier alpha value is -2.44. The summed E-state index contributed by atoms with van der Waals surface area (Å²) in [7, 11) is 1.63. The minimum absolute atomic E-state index is 0.0777. The molecule has 7 heteroatoms. The van der Waals surface area contributed by atoms with E-state index < -0.39 is 11.9 Å². The van der Waals surface area contributed by atoms with Crippen LogP contribution in [0.15, 0.2) is 12.1 Å². The van der Waals surface area contributed by atoms with Gasteiger partial charge < -0.3 is 14.4 Å². The second-order valence-electron chi connectivity index (χ2n) is 4.14. The Balaban J connectivity index is 2.59. The van der Waals surface area contributed by atoms with Crippen LogP contribution in [-0.2, 0) is 7.05 Å². The van der Waals surface area contributed by atoms with Crippen LogP contribution in [0.25, 0.3) is 11.3 Å². The van der Waals surface area contributed by atoms with Crippen molar-refractivity contribution in [1.29, 1.82) is 0 Å². The quantitative estimate of drug-likeness (QED) is 0.866. The number of ether oxygens (including phenoxy) is 1. The Morgan fingerprint density at radius 3 is 2.70 bits per heavy atom. The van der Waals surface area contributed by atoms with E-state index in [0.29, 0.717) is 12.4 Å². The van der Waals surface area contributed by atoms with Crippen molar-refractivity contribution in [3.63, 3.8) is 0 Å². The van der Waals surface area contributed by atoms with E-state index in [4.69, 9.17) is 9.84 Å². The van der Waals surface area contributed by atoms with Crippen LogP contribution in [0.4, 0.5) is 4.39 Å². The van der Waals surface area contributed by atoms with Gasteiger partial charge in [-0.2, -0.15) is 9.37 Å². The standard InChI is InChI=1S/C13H14FN3O3/c1-4-20-9-6-5-8(12(14)16-9)11-10(13(18)19)15-7(2)17(11)3/h5-6H,4H2,1-3H3,(H,18,19). The minimum atomic E-state index is -1.21. The first kappa shape index (κ1) is 14.0. The Morgan fingerprint density at radius 2 is 2.15 bits per heavy atom. The van der Waals surface area contributed by atoms with Gasteiger partial charge in [0.2, 0.25) is 11.8 Å². The lowest BCUT2D eigenvalue weighted by molar-refractivity contribution is 0.0692. The van der Waals surface area contributed by atoms with Crippen molar-refractivity contribution < 1.29 is 19.0 Å². The van der Waals surface area contributed by atoms with Gasteiger partial charge in [0.25, 0.3) is 0 Å². The molecule has 1 N–H and O–H groups in total.